The molecular weight excluding hydrogens is 354 g/mol. The molecule has 28 heavy (non-hydrogen) atoms. The molecule has 4 rings (SSSR count). The third-order valence-electron chi connectivity index (χ3n) is 4.71. The first-order valence-electron chi connectivity index (χ1n) is 9.06. The van der Waals surface area contributed by atoms with Crippen LogP contribution in [0, 0.1) is 0 Å². The van der Waals surface area contributed by atoms with E-state index in [0.717, 1.165) is 34.3 Å². The first kappa shape index (κ1) is 17.9. The number of carbonyl (C=O) groups is 2. The van der Waals surface area contributed by atoms with E-state index in [4.69, 9.17) is 0 Å². The van der Waals surface area contributed by atoms with Gasteiger partial charge in [0.15, 0.2) is 0 Å². The van der Waals surface area contributed by atoms with Gasteiger partial charge in [-0.3, -0.25) is 9.59 Å². The standard InChI is InChI=1S/C21H21N5O2/c1-26(2)9-8-22-20(27)14-10-15-18-16(12-23-25-21(15)28)19(24-17(18)11-14)13-6-4-3-5-7-13/h3-7,10-12,24H,8-9H2,1-2H3,(H,22,27)(H,25,28). The van der Waals surface area contributed by atoms with Crippen molar-refractivity contribution in [3.63, 3.8) is 0 Å². The average molecular weight is 375 g/mol. The molecule has 1 aliphatic rings. The van der Waals surface area contributed by atoms with Crippen LogP contribution in [-0.4, -0.2) is 55.1 Å². The lowest BCUT2D eigenvalue weighted by Crippen LogP contribution is -2.31. The topological polar surface area (TPSA) is 89.6 Å². The lowest BCUT2D eigenvalue weighted by atomic mass is 10.00. The molecule has 0 radical (unpaired) electrons. The van der Waals surface area contributed by atoms with Gasteiger partial charge in [0.1, 0.15) is 0 Å². The van der Waals surface area contributed by atoms with E-state index in [1.54, 1.807) is 18.3 Å². The van der Waals surface area contributed by atoms with Crippen LogP contribution in [0.15, 0.2) is 47.6 Å². The second kappa shape index (κ2) is 7.28. The molecule has 2 amide bonds. The van der Waals surface area contributed by atoms with E-state index in [-0.39, 0.29) is 11.8 Å². The Bertz CT molecular complexity index is 1080. The number of carbonyl (C=O) groups excluding carboxylic acids is 2. The molecule has 0 saturated carbocycles. The first-order chi connectivity index (χ1) is 13.5. The molecule has 0 bridgehead atoms. The summed E-state index contributed by atoms with van der Waals surface area (Å²) >= 11 is 0. The van der Waals surface area contributed by atoms with Gasteiger partial charge in [-0.05, 0) is 31.8 Å². The zero-order chi connectivity index (χ0) is 19.7. The molecule has 0 atom stereocenters. The van der Waals surface area contributed by atoms with E-state index in [1.165, 1.54) is 0 Å². The maximum atomic E-state index is 12.6. The van der Waals surface area contributed by atoms with Crippen LogP contribution < -0.4 is 10.7 Å². The zero-order valence-electron chi connectivity index (χ0n) is 15.7. The third-order valence-corrected chi connectivity index (χ3v) is 4.71. The van der Waals surface area contributed by atoms with Gasteiger partial charge in [-0.25, -0.2) is 5.43 Å². The normalized spacial score (nSPS) is 12.9. The van der Waals surface area contributed by atoms with Crippen LogP contribution >= 0.6 is 0 Å². The highest BCUT2D eigenvalue weighted by molar-refractivity contribution is 6.18. The number of rotatable bonds is 5. The number of hydrazone groups is 1. The molecule has 7 nitrogen and oxygen atoms in total. The first-order valence-corrected chi connectivity index (χ1v) is 9.06. The molecule has 0 unspecified atom stereocenters. The molecule has 0 saturated heterocycles. The molecule has 3 N–H and O–H groups in total. The van der Waals surface area contributed by atoms with Crippen molar-refractivity contribution >= 4 is 28.9 Å². The van der Waals surface area contributed by atoms with E-state index >= 15 is 0 Å². The number of nitrogens with one attached hydrogen (secondary N) is 3. The summed E-state index contributed by atoms with van der Waals surface area (Å²) in [7, 11) is 3.89. The molecule has 0 spiro atoms. The van der Waals surface area contributed by atoms with Crippen molar-refractivity contribution in [2.75, 3.05) is 27.2 Å². The van der Waals surface area contributed by atoms with E-state index in [1.807, 2.05) is 49.3 Å². The Labute approximate surface area is 162 Å². The fraction of sp³-hybridized carbons (Fsp3) is 0.190. The number of hydrogen-bond acceptors (Lipinski definition) is 4. The molecule has 2 aromatic carbocycles. The Morgan fingerprint density at radius 1 is 1.18 bits per heavy atom. The smallest absolute Gasteiger partial charge is 0.272 e. The van der Waals surface area contributed by atoms with Gasteiger partial charge in [0.05, 0.1) is 17.5 Å². The highest BCUT2D eigenvalue weighted by Gasteiger charge is 2.23. The van der Waals surface area contributed by atoms with E-state index in [0.29, 0.717) is 17.7 Å². The van der Waals surface area contributed by atoms with E-state index < -0.39 is 0 Å². The number of H-pyrrole nitrogens is 1. The Hall–Kier alpha value is -3.45. The van der Waals surface area contributed by atoms with Crippen molar-refractivity contribution in [3.8, 4) is 11.3 Å². The summed E-state index contributed by atoms with van der Waals surface area (Å²) in [5.74, 6) is -0.545. The molecule has 0 aliphatic carbocycles. The minimum absolute atomic E-state index is 0.213. The molecule has 0 fully saturated rings. The van der Waals surface area contributed by atoms with Crippen molar-refractivity contribution in [3.05, 3.63) is 59.2 Å². The van der Waals surface area contributed by atoms with Crippen LogP contribution in [0.4, 0.5) is 0 Å². The summed E-state index contributed by atoms with van der Waals surface area (Å²) < 4.78 is 0. The number of amides is 2. The molecule has 3 aromatic rings. The number of aromatic amines is 1. The van der Waals surface area contributed by atoms with Gasteiger partial charge in [0.2, 0.25) is 0 Å². The molecule has 1 aliphatic heterocycles. The maximum Gasteiger partial charge on any atom is 0.272 e. The Morgan fingerprint density at radius 3 is 2.71 bits per heavy atom. The summed E-state index contributed by atoms with van der Waals surface area (Å²) in [4.78, 5) is 30.5. The lowest BCUT2D eigenvalue weighted by molar-refractivity contribution is 0.0951. The molecule has 2 heterocycles. The highest BCUT2D eigenvalue weighted by Crippen LogP contribution is 2.33. The number of aromatic nitrogens is 1. The van der Waals surface area contributed by atoms with E-state index in [9.17, 15) is 9.59 Å². The van der Waals surface area contributed by atoms with Gasteiger partial charge >= 0.3 is 0 Å². The SMILES string of the molecule is CN(C)CCNC(=O)c1cc2c3c(c(-c4ccccc4)[nH]c3c1)C=NNC2=O. The predicted octanol–water partition coefficient (Wildman–Crippen LogP) is 2.20. The Morgan fingerprint density at radius 2 is 1.96 bits per heavy atom. The van der Waals surface area contributed by atoms with Crippen molar-refractivity contribution in [1.82, 2.24) is 20.6 Å². The predicted molar refractivity (Wildman–Crippen MR) is 110 cm³/mol. The summed E-state index contributed by atoms with van der Waals surface area (Å²) in [6.45, 7) is 1.26. The molecule has 7 heteroatoms. The lowest BCUT2D eigenvalue weighted by Gasteiger charge is -2.11. The Balaban J connectivity index is 1.82. The fourth-order valence-corrected chi connectivity index (χ4v) is 3.34. The summed E-state index contributed by atoms with van der Waals surface area (Å²) in [6.07, 6.45) is 1.65. The van der Waals surface area contributed by atoms with Crippen LogP contribution in [0.2, 0.25) is 0 Å². The quantitative estimate of drug-likeness (QED) is 0.639. The minimum Gasteiger partial charge on any atom is -0.354 e. The van der Waals surface area contributed by atoms with Gasteiger partial charge in [0.25, 0.3) is 11.8 Å². The second-order valence-electron chi connectivity index (χ2n) is 6.98. The fourth-order valence-electron chi connectivity index (χ4n) is 3.34. The van der Waals surface area contributed by atoms with Gasteiger partial charge in [0, 0.05) is 35.1 Å². The van der Waals surface area contributed by atoms with Crippen LogP contribution in [-0.2, 0) is 0 Å². The molecule has 1 aromatic heterocycles. The number of benzene rings is 2. The van der Waals surface area contributed by atoms with Crippen LogP contribution in [0.1, 0.15) is 26.3 Å². The number of likely N-dealkylation sites (N-methyl/N-ethyl adjacent to an activating group) is 1. The van der Waals surface area contributed by atoms with Crippen molar-refractivity contribution in [2.45, 2.75) is 0 Å². The number of hydrogen-bond donors (Lipinski definition) is 3. The monoisotopic (exact) mass is 375 g/mol. The molecule has 142 valence electrons. The van der Waals surface area contributed by atoms with Crippen LogP contribution in [0.5, 0.6) is 0 Å². The van der Waals surface area contributed by atoms with Crippen molar-refractivity contribution in [1.29, 1.82) is 0 Å². The Kier molecular flexibility index (Phi) is 4.67. The average Bonchev–Trinajstić information content (AvgIpc) is 2.97. The van der Waals surface area contributed by atoms with Gasteiger partial charge < -0.3 is 15.2 Å². The summed E-state index contributed by atoms with van der Waals surface area (Å²) in [5, 5.41) is 7.70. The van der Waals surface area contributed by atoms with Crippen molar-refractivity contribution < 1.29 is 9.59 Å². The van der Waals surface area contributed by atoms with Gasteiger partial charge in [-0.2, -0.15) is 5.10 Å². The van der Waals surface area contributed by atoms with Gasteiger partial charge in [-0.1, -0.05) is 30.3 Å². The molecular formula is C21H21N5O2. The second-order valence-corrected chi connectivity index (χ2v) is 6.98. The summed E-state index contributed by atoms with van der Waals surface area (Å²) in [5.41, 5.74) is 6.79. The van der Waals surface area contributed by atoms with Crippen molar-refractivity contribution in [2.24, 2.45) is 5.10 Å². The number of nitrogens with zero attached hydrogens (tertiary/aromatic N) is 2. The minimum atomic E-state index is -0.332. The maximum absolute atomic E-state index is 12.6. The largest absolute Gasteiger partial charge is 0.354 e. The highest BCUT2D eigenvalue weighted by atomic mass is 16.2. The van der Waals surface area contributed by atoms with Gasteiger partial charge in [-0.15, -0.1) is 0 Å². The third kappa shape index (κ3) is 3.27. The van der Waals surface area contributed by atoms with Crippen LogP contribution in [0.25, 0.3) is 22.2 Å². The summed E-state index contributed by atoms with van der Waals surface area (Å²) in [6, 6.07) is 13.2. The zero-order valence-corrected chi connectivity index (χ0v) is 15.7. The van der Waals surface area contributed by atoms with E-state index in [2.05, 4.69) is 20.8 Å². The van der Waals surface area contributed by atoms with Crippen LogP contribution in [0.3, 0.4) is 0 Å².